The molecule has 2 saturated carbocycles. The van der Waals surface area contributed by atoms with Crippen LogP contribution in [0.1, 0.15) is 68.1 Å². The van der Waals surface area contributed by atoms with Gasteiger partial charge in [-0.05, 0) is 128 Å². The number of carbonyl (C=O) groups excluding carboxylic acids is 1. The zero-order valence-electron chi connectivity index (χ0n) is 22.8. The van der Waals surface area contributed by atoms with Crippen LogP contribution in [0.2, 0.25) is 0 Å². The number of likely N-dealkylation sites (tertiary alicyclic amines) is 1. The molecule has 4 nitrogen and oxygen atoms in total. The molecule has 4 atom stereocenters. The molecule has 1 saturated heterocycles. The second-order valence-corrected chi connectivity index (χ2v) is 12.3. The number of ketones is 1. The van der Waals surface area contributed by atoms with Crippen molar-refractivity contribution < 1.29 is 9.53 Å². The van der Waals surface area contributed by atoms with Crippen molar-refractivity contribution in [2.75, 3.05) is 45.2 Å². The van der Waals surface area contributed by atoms with Crippen LogP contribution in [0, 0.1) is 17.3 Å². The highest BCUT2D eigenvalue weighted by Gasteiger charge is 2.56. The van der Waals surface area contributed by atoms with Crippen molar-refractivity contribution in [1.29, 1.82) is 0 Å². The Morgan fingerprint density at radius 3 is 2.62 bits per heavy atom. The van der Waals surface area contributed by atoms with E-state index < -0.39 is 0 Å². The molecular weight excluding hydrogens is 456 g/mol. The molecule has 2 aromatic rings. The Labute approximate surface area is 222 Å². The van der Waals surface area contributed by atoms with Gasteiger partial charge in [-0.15, -0.1) is 0 Å². The summed E-state index contributed by atoms with van der Waals surface area (Å²) in [6.45, 7) is 6.52. The Bertz CT molecular complexity index is 1180. The number of benzene rings is 2. The van der Waals surface area contributed by atoms with Gasteiger partial charge in [-0.3, -0.25) is 9.69 Å². The van der Waals surface area contributed by atoms with Gasteiger partial charge in [0.15, 0.2) is 5.78 Å². The smallest absolute Gasteiger partial charge is 0.165 e. The van der Waals surface area contributed by atoms with Gasteiger partial charge >= 0.3 is 0 Å². The molecule has 6 rings (SSSR count). The fourth-order valence-corrected chi connectivity index (χ4v) is 7.82. The lowest BCUT2D eigenvalue weighted by atomic mass is 9.55. The molecule has 196 valence electrons. The van der Waals surface area contributed by atoms with Gasteiger partial charge in [0.1, 0.15) is 12.4 Å². The van der Waals surface area contributed by atoms with E-state index in [0.717, 1.165) is 55.7 Å². The summed E-state index contributed by atoms with van der Waals surface area (Å²) in [7, 11) is 4.11. The van der Waals surface area contributed by atoms with Crippen LogP contribution in [0.25, 0.3) is 6.08 Å². The van der Waals surface area contributed by atoms with Crippen LogP contribution in [-0.4, -0.2) is 51.0 Å². The lowest BCUT2D eigenvalue weighted by Gasteiger charge is -2.48. The quantitative estimate of drug-likeness (QED) is 0.435. The van der Waals surface area contributed by atoms with E-state index in [0.29, 0.717) is 23.5 Å². The Balaban J connectivity index is 1.17. The van der Waals surface area contributed by atoms with Crippen LogP contribution in [0.5, 0.6) is 5.75 Å². The summed E-state index contributed by atoms with van der Waals surface area (Å²) in [6, 6.07) is 15.4. The van der Waals surface area contributed by atoms with Gasteiger partial charge in [0.2, 0.25) is 0 Å². The lowest BCUT2D eigenvalue weighted by Crippen LogP contribution is -2.42. The number of anilines is 1. The predicted octanol–water partition coefficient (Wildman–Crippen LogP) is 6.35. The summed E-state index contributed by atoms with van der Waals surface area (Å²) >= 11 is 0. The van der Waals surface area contributed by atoms with Gasteiger partial charge in [-0.1, -0.05) is 25.1 Å². The normalized spacial score (nSPS) is 30.2. The Kier molecular flexibility index (Phi) is 6.65. The molecule has 0 spiro atoms. The van der Waals surface area contributed by atoms with E-state index in [1.165, 1.54) is 49.2 Å². The molecule has 3 fully saturated rings. The molecule has 4 aliphatic rings. The van der Waals surface area contributed by atoms with E-state index in [-0.39, 0.29) is 5.41 Å². The standard InChI is InChI=1S/C33H42N2O2/c1-33-15-14-29-28-13-11-27(37-19-18-35-16-4-5-17-35)21-24(28)8-12-30(29)31(33)22-25(32(33)36)20-23-6-9-26(10-7-23)34(2)3/h6-7,9-11,13,20-21,29-31H,4-5,8,12,14-19,22H2,1-3H3. The number of Topliss-reactive ketones (excluding diaryl/α,β-unsaturated/α-hetero) is 1. The van der Waals surface area contributed by atoms with E-state index in [1.54, 1.807) is 0 Å². The van der Waals surface area contributed by atoms with Crippen molar-refractivity contribution >= 4 is 17.5 Å². The van der Waals surface area contributed by atoms with Gasteiger partial charge in [-0.25, -0.2) is 0 Å². The largest absolute Gasteiger partial charge is 0.492 e. The molecule has 0 bridgehead atoms. The van der Waals surface area contributed by atoms with Crippen molar-refractivity contribution in [3.8, 4) is 5.75 Å². The lowest BCUT2D eigenvalue weighted by molar-refractivity contribution is -0.127. The van der Waals surface area contributed by atoms with Crippen LogP contribution in [0.4, 0.5) is 5.69 Å². The van der Waals surface area contributed by atoms with Crippen molar-refractivity contribution in [2.45, 2.75) is 57.8 Å². The summed E-state index contributed by atoms with van der Waals surface area (Å²) in [4.78, 5) is 18.3. The van der Waals surface area contributed by atoms with Crippen LogP contribution in [0.15, 0.2) is 48.0 Å². The number of fused-ring (bicyclic) bond motifs is 5. The summed E-state index contributed by atoms with van der Waals surface area (Å²) in [6.07, 6.45) is 10.2. The second kappa shape index (κ2) is 9.94. The first kappa shape index (κ1) is 24.7. The number of aryl methyl sites for hydroxylation is 1. The number of hydrogen-bond acceptors (Lipinski definition) is 4. The van der Waals surface area contributed by atoms with E-state index in [9.17, 15) is 4.79 Å². The highest BCUT2D eigenvalue weighted by atomic mass is 16.5. The minimum absolute atomic E-state index is 0.202. The highest BCUT2D eigenvalue weighted by molar-refractivity contribution is 6.06. The average Bonchev–Trinajstić information content (AvgIpc) is 3.51. The van der Waals surface area contributed by atoms with Crippen molar-refractivity contribution in [2.24, 2.45) is 17.3 Å². The molecule has 37 heavy (non-hydrogen) atoms. The van der Waals surface area contributed by atoms with Gasteiger partial charge in [-0.2, -0.15) is 0 Å². The van der Waals surface area contributed by atoms with Crippen LogP contribution in [-0.2, 0) is 11.2 Å². The maximum atomic E-state index is 13.7. The SMILES string of the molecule is CN(C)c1ccc(C=C2CC3C4CCc5cc(OCCN6CCCC6)ccc5C4CCC3(C)C2=O)cc1. The third-order valence-electron chi connectivity index (χ3n) is 9.96. The number of hydrogen-bond donors (Lipinski definition) is 0. The van der Waals surface area contributed by atoms with E-state index in [2.05, 4.69) is 79.4 Å². The average molecular weight is 499 g/mol. The summed E-state index contributed by atoms with van der Waals surface area (Å²) in [5.74, 6) is 3.06. The minimum atomic E-state index is -0.202. The highest BCUT2D eigenvalue weighted by Crippen LogP contribution is 2.61. The Morgan fingerprint density at radius 2 is 1.86 bits per heavy atom. The van der Waals surface area contributed by atoms with Crippen molar-refractivity contribution in [3.63, 3.8) is 0 Å². The summed E-state index contributed by atoms with van der Waals surface area (Å²) < 4.78 is 6.16. The molecule has 3 aliphatic carbocycles. The van der Waals surface area contributed by atoms with Gasteiger partial charge in [0.05, 0.1) is 0 Å². The zero-order valence-corrected chi connectivity index (χ0v) is 22.8. The maximum absolute atomic E-state index is 13.7. The molecule has 1 aliphatic heterocycles. The van der Waals surface area contributed by atoms with Crippen LogP contribution >= 0.6 is 0 Å². The summed E-state index contributed by atoms with van der Waals surface area (Å²) in [5, 5.41) is 0. The topological polar surface area (TPSA) is 32.8 Å². The molecule has 4 unspecified atom stereocenters. The molecule has 0 aromatic heterocycles. The number of nitrogens with zero attached hydrogens (tertiary/aromatic N) is 2. The monoisotopic (exact) mass is 498 g/mol. The Hall–Kier alpha value is -2.59. The van der Waals surface area contributed by atoms with Gasteiger partial charge in [0, 0.05) is 31.7 Å². The van der Waals surface area contributed by atoms with Crippen LogP contribution in [0.3, 0.4) is 0 Å². The fraction of sp³-hybridized carbons (Fsp3) is 0.545. The predicted molar refractivity (Wildman–Crippen MR) is 151 cm³/mol. The minimum Gasteiger partial charge on any atom is -0.492 e. The Morgan fingerprint density at radius 1 is 1.08 bits per heavy atom. The molecule has 2 aromatic carbocycles. The third kappa shape index (κ3) is 4.63. The van der Waals surface area contributed by atoms with Gasteiger partial charge < -0.3 is 9.64 Å². The van der Waals surface area contributed by atoms with Crippen molar-refractivity contribution in [3.05, 3.63) is 64.7 Å². The zero-order chi connectivity index (χ0) is 25.6. The number of allylic oxidation sites excluding steroid dienone is 1. The maximum Gasteiger partial charge on any atom is 0.165 e. The van der Waals surface area contributed by atoms with Gasteiger partial charge in [0.25, 0.3) is 0 Å². The number of carbonyl (C=O) groups is 1. The van der Waals surface area contributed by atoms with Crippen molar-refractivity contribution in [1.82, 2.24) is 4.90 Å². The number of rotatable bonds is 6. The van der Waals surface area contributed by atoms with E-state index >= 15 is 0 Å². The molecule has 0 N–H and O–H groups in total. The molecular formula is C33H42N2O2. The van der Waals surface area contributed by atoms with E-state index in [1.807, 2.05) is 0 Å². The number of ether oxygens (including phenoxy) is 1. The second-order valence-electron chi connectivity index (χ2n) is 12.3. The summed E-state index contributed by atoms with van der Waals surface area (Å²) in [5.41, 5.74) is 6.16. The molecule has 0 amide bonds. The fourth-order valence-electron chi connectivity index (χ4n) is 7.82. The first-order valence-electron chi connectivity index (χ1n) is 14.4. The third-order valence-corrected chi connectivity index (χ3v) is 9.96. The first-order chi connectivity index (χ1) is 17.9. The molecule has 4 heteroatoms. The first-order valence-corrected chi connectivity index (χ1v) is 14.4. The molecule has 1 heterocycles. The van der Waals surface area contributed by atoms with Crippen LogP contribution < -0.4 is 9.64 Å². The van der Waals surface area contributed by atoms with E-state index in [4.69, 9.17) is 4.74 Å². The molecule has 0 radical (unpaired) electrons.